The minimum absolute atomic E-state index is 0.182. The van der Waals surface area contributed by atoms with Crippen molar-refractivity contribution >= 4 is 21.6 Å². The number of hydrogen-bond donors (Lipinski definition) is 2. The van der Waals surface area contributed by atoms with Gasteiger partial charge in [-0.05, 0) is 63.1 Å². The second-order valence-electron chi connectivity index (χ2n) is 7.49. The van der Waals surface area contributed by atoms with Gasteiger partial charge < -0.3 is 10.2 Å². The third-order valence-corrected chi connectivity index (χ3v) is 6.68. The molecular formula is C22H29N3O3S. The number of hydrogen-bond acceptors (Lipinski definition) is 4. The molecule has 1 heterocycles. The topological polar surface area (TPSA) is 78.5 Å². The smallest absolute Gasteiger partial charge is 0.261 e. The second kappa shape index (κ2) is 9.89. The van der Waals surface area contributed by atoms with Gasteiger partial charge in [0.05, 0.1) is 4.90 Å². The molecule has 0 bridgehead atoms. The standard InChI is InChI=1S/C22H29N3O3S/c1-18-9-5-6-15-25(18)16-8-14-23-22(26)19-10-7-11-20(17-19)24-29(27,28)21-12-3-2-4-13-21/h2-4,7,10-13,17-18,24H,5-6,8-9,14-16H2,1H3,(H,23,26). The first-order chi connectivity index (χ1) is 14.0. The van der Waals surface area contributed by atoms with Crippen LogP contribution in [-0.2, 0) is 10.0 Å². The van der Waals surface area contributed by atoms with Gasteiger partial charge >= 0.3 is 0 Å². The maximum Gasteiger partial charge on any atom is 0.261 e. The minimum atomic E-state index is -3.68. The van der Waals surface area contributed by atoms with E-state index in [2.05, 4.69) is 21.9 Å². The van der Waals surface area contributed by atoms with Gasteiger partial charge in [-0.2, -0.15) is 0 Å². The van der Waals surface area contributed by atoms with Crippen LogP contribution in [0.1, 0.15) is 43.0 Å². The van der Waals surface area contributed by atoms with Crippen LogP contribution in [-0.4, -0.2) is 44.9 Å². The number of sulfonamides is 1. The number of carbonyl (C=O) groups excluding carboxylic acids is 1. The molecule has 0 aromatic heterocycles. The molecule has 0 spiro atoms. The number of piperidine rings is 1. The molecule has 0 radical (unpaired) electrons. The van der Waals surface area contributed by atoms with E-state index in [1.54, 1.807) is 42.5 Å². The van der Waals surface area contributed by atoms with Gasteiger partial charge in [-0.15, -0.1) is 0 Å². The van der Waals surface area contributed by atoms with Gasteiger partial charge in [0.2, 0.25) is 0 Å². The summed E-state index contributed by atoms with van der Waals surface area (Å²) in [5.74, 6) is -0.197. The van der Waals surface area contributed by atoms with Crippen molar-refractivity contribution in [3.05, 3.63) is 60.2 Å². The number of nitrogens with one attached hydrogen (secondary N) is 2. The van der Waals surface area contributed by atoms with E-state index in [0.717, 1.165) is 19.5 Å². The molecule has 2 aromatic carbocycles. The first kappa shape index (κ1) is 21.3. The van der Waals surface area contributed by atoms with Gasteiger partial charge in [0, 0.05) is 30.4 Å². The van der Waals surface area contributed by atoms with E-state index in [4.69, 9.17) is 0 Å². The molecule has 0 aliphatic carbocycles. The van der Waals surface area contributed by atoms with E-state index < -0.39 is 10.0 Å². The Morgan fingerprint density at radius 3 is 2.66 bits per heavy atom. The van der Waals surface area contributed by atoms with E-state index in [-0.39, 0.29) is 10.8 Å². The minimum Gasteiger partial charge on any atom is -0.352 e. The molecular weight excluding hydrogens is 386 g/mol. The maximum absolute atomic E-state index is 12.5. The molecule has 1 atom stereocenters. The van der Waals surface area contributed by atoms with Gasteiger partial charge in [0.15, 0.2) is 0 Å². The van der Waals surface area contributed by atoms with E-state index >= 15 is 0 Å². The normalized spacial score (nSPS) is 17.6. The number of amides is 1. The lowest BCUT2D eigenvalue weighted by atomic mass is 10.0. The molecule has 2 N–H and O–H groups in total. The SMILES string of the molecule is CC1CCCCN1CCCNC(=O)c1cccc(NS(=O)(=O)c2ccccc2)c1. The Balaban J connectivity index is 1.53. The predicted molar refractivity (Wildman–Crippen MR) is 116 cm³/mol. The van der Waals surface area contributed by atoms with Crippen molar-refractivity contribution in [2.75, 3.05) is 24.4 Å². The quantitative estimate of drug-likeness (QED) is 0.647. The van der Waals surface area contributed by atoms with Crippen LogP contribution in [0.15, 0.2) is 59.5 Å². The largest absolute Gasteiger partial charge is 0.352 e. The predicted octanol–water partition coefficient (Wildman–Crippen LogP) is 3.48. The third kappa shape index (κ3) is 6.05. The molecule has 1 unspecified atom stereocenters. The summed E-state index contributed by atoms with van der Waals surface area (Å²) in [5, 5.41) is 2.93. The van der Waals surface area contributed by atoms with Crippen molar-refractivity contribution in [1.29, 1.82) is 0 Å². The van der Waals surface area contributed by atoms with E-state index in [1.807, 2.05) is 0 Å². The Morgan fingerprint density at radius 2 is 1.90 bits per heavy atom. The summed E-state index contributed by atoms with van der Waals surface area (Å²) in [6, 6.07) is 15.3. The van der Waals surface area contributed by atoms with E-state index in [0.29, 0.717) is 23.8 Å². The zero-order valence-electron chi connectivity index (χ0n) is 16.8. The van der Waals surface area contributed by atoms with Crippen molar-refractivity contribution in [2.45, 2.75) is 43.5 Å². The summed E-state index contributed by atoms with van der Waals surface area (Å²) in [5.41, 5.74) is 0.799. The monoisotopic (exact) mass is 415 g/mol. The van der Waals surface area contributed by atoms with Crippen LogP contribution in [0.2, 0.25) is 0 Å². The molecule has 1 fully saturated rings. The first-order valence-electron chi connectivity index (χ1n) is 10.2. The van der Waals surface area contributed by atoms with Crippen LogP contribution in [0, 0.1) is 0 Å². The number of rotatable bonds is 8. The lowest BCUT2D eigenvalue weighted by molar-refractivity contribution is 0.0949. The Bertz CT molecular complexity index is 916. The fourth-order valence-corrected chi connectivity index (χ4v) is 4.68. The van der Waals surface area contributed by atoms with Crippen molar-refractivity contribution in [1.82, 2.24) is 10.2 Å². The van der Waals surface area contributed by atoms with Gasteiger partial charge in [0.1, 0.15) is 0 Å². The van der Waals surface area contributed by atoms with Crippen LogP contribution < -0.4 is 10.0 Å². The number of carbonyl (C=O) groups is 1. The Morgan fingerprint density at radius 1 is 1.10 bits per heavy atom. The van der Waals surface area contributed by atoms with Gasteiger partial charge in [-0.3, -0.25) is 9.52 Å². The van der Waals surface area contributed by atoms with Crippen LogP contribution in [0.4, 0.5) is 5.69 Å². The highest BCUT2D eigenvalue weighted by atomic mass is 32.2. The van der Waals surface area contributed by atoms with Crippen molar-refractivity contribution < 1.29 is 13.2 Å². The summed E-state index contributed by atoms with van der Waals surface area (Å²) < 4.78 is 27.4. The molecule has 6 nitrogen and oxygen atoms in total. The fraction of sp³-hybridized carbons (Fsp3) is 0.409. The molecule has 1 amide bonds. The van der Waals surface area contributed by atoms with Crippen molar-refractivity contribution in [2.24, 2.45) is 0 Å². The highest BCUT2D eigenvalue weighted by Gasteiger charge is 2.17. The summed E-state index contributed by atoms with van der Waals surface area (Å²) in [6.07, 6.45) is 4.70. The van der Waals surface area contributed by atoms with Crippen LogP contribution in [0.25, 0.3) is 0 Å². The molecule has 1 aliphatic heterocycles. The molecule has 1 saturated heterocycles. The van der Waals surface area contributed by atoms with Crippen LogP contribution >= 0.6 is 0 Å². The lowest BCUT2D eigenvalue weighted by Gasteiger charge is -2.33. The highest BCUT2D eigenvalue weighted by molar-refractivity contribution is 7.92. The molecule has 29 heavy (non-hydrogen) atoms. The van der Waals surface area contributed by atoms with Gasteiger partial charge in [0.25, 0.3) is 15.9 Å². The lowest BCUT2D eigenvalue weighted by Crippen LogP contribution is -2.39. The molecule has 156 valence electrons. The van der Waals surface area contributed by atoms with E-state index in [1.165, 1.54) is 31.4 Å². The van der Waals surface area contributed by atoms with Crippen LogP contribution in [0.5, 0.6) is 0 Å². The summed E-state index contributed by atoms with van der Waals surface area (Å²) >= 11 is 0. The Hall–Kier alpha value is -2.38. The molecule has 3 rings (SSSR count). The zero-order chi connectivity index (χ0) is 20.7. The zero-order valence-corrected chi connectivity index (χ0v) is 17.6. The number of nitrogens with zero attached hydrogens (tertiary/aromatic N) is 1. The third-order valence-electron chi connectivity index (χ3n) is 5.28. The number of benzene rings is 2. The summed E-state index contributed by atoms with van der Waals surface area (Å²) in [4.78, 5) is 15.1. The second-order valence-corrected chi connectivity index (χ2v) is 9.17. The Labute approximate surface area is 173 Å². The average Bonchev–Trinajstić information content (AvgIpc) is 2.73. The molecule has 2 aromatic rings. The van der Waals surface area contributed by atoms with Crippen LogP contribution in [0.3, 0.4) is 0 Å². The van der Waals surface area contributed by atoms with Gasteiger partial charge in [-0.25, -0.2) is 8.42 Å². The average molecular weight is 416 g/mol. The number of likely N-dealkylation sites (tertiary alicyclic amines) is 1. The fourth-order valence-electron chi connectivity index (χ4n) is 3.61. The molecule has 1 aliphatic rings. The maximum atomic E-state index is 12.5. The Kier molecular flexibility index (Phi) is 7.28. The molecule has 0 saturated carbocycles. The summed E-state index contributed by atoms with van der Waals surface area (Å²) in [6.45, 7) is 4.98. The van der Waals surface area contributed by atoms with Gasteiger partial charge in [-0.1, -0.05) is 30.7 Å². The number of anilines is 1. The first-order valence-corrected chi connectivity index (χ1v) is 11.6. The highest BCUT2D eigenvalue weighted by Crippen LogP contribution is 2.18. The summed E-state index contributed by atoms with van der Waals surface area (Å²) in [7, 11) is -3.68. The van der Waals surface area contributed by atoms with Crippen molar-refractivity contribution in [3.8, 4) is 0 Å². The molecule has 7 heteroatoms. The van der Waals surface area contributed by atoms with Crippen molar-refractivity contribution in [3.63, 3.8) is 0 Å². The van der Waals surface area contributed by atoms with E-state index in [9.17, 15) is 13.2 Å².